The Morgan fingerprint density at radius 3 is 2.77 bits per heavy atom. The summed E-state index contributed by atoms with van der Waals surface area (Å²) in [6.45, 7) is 6.07. The molecule has 1 amide bonds. The molecular formula is C18H21ClN2O4S. The average molecular weight is 397 g/mol. The Morgan fingerprint density at radius 1 is 1.31 bits per heavy atom. The molecule has 140 valence electrons. The molecule has 0 aliphatic carbocycles. The molecule has 0 aliphatic heterocycles. The number of thiazole rings is 1. The van der Waals surface area contributed by atoms with E-state index in [2.05, 4.69) is 10.3 Å². The fraction of sp³-hybridized carbons (Fsp3) is 0.389. The largest absolute Gasteiger partial charge is 0.494 e. The zero-order valence-electron chi connectivity index (χ0n) is 14.9. The zero-order chi connectivity index (χ0) is 19.1. The zero-order valence-corrected chi connectivity index (χ0v) is 16.5. The maximum Gasteiger partial charge on any atom is 0.350 e. The van der Waals surface area contributed by atoms with Gasteiger partial charge in [-0.25, -0.2) is 9.78 Å². The van der Waals surface area contributed by atoms with Crippen molar-refractivity contribution < 1.29 is 19.1 Å². The Labute approximate surface area is 161 Å². The van der Waals surface area contributed by atoms with Gasteiger partial charge < -0.3 is 14.8 Å². The van der Waals surface area contributed by atoms with Crippen LogP contribution in [0.25, 0.3) is 0 Å². The number of rotatable bonds is 8. The molecule has 0 saturated carbocycles. The number of esters is 1. The van der Waals surface area contributed by atoms with Crippen LogP contribution in [0.15, 0.2) is 18.2 Å². The van der Waals surface area contributed by atoms with Gasteiger partial charge in [-0.15, -0.1) is 0 Å². The highest BCUT2D eigenvalue weighted by molar-refractivity contribution is 7.17. The molecule has 1 aromatic heterocycles. The predicted octanol–water partition coefficient (Wildman–Crippen LogP) is 4.39. The van der Waals surface area contributed by atoms with E-state index >= 15 is 0 Å². The van der Waals surface area contributed by atoms with E-state index in [1.54, 1.807) is 26.0 Å². The number of carbonyl (C=O) groups excluding carboxylic acids is 2. The number of amides is 1. The highest BCUT2D eigenvalue weighted by Crippen LogP contribution is 2.24. The lowest BCUT2D eigenvalue weighted by atomic mass is 10.2. The number of ether oxygens (including phenoxy) is 2. The molecule has 1 N–H and O–H groups in total. The van der Waals surface area contributed by atoms with Crippen molar-refractivity contribution in [2.75, 3.05) is 18.5 Å². The van der Waals surface area contributed by atoms with Crippen LogP contribution in [-0.2, 0) is 9.53 Å². The molecule has 0 unspecified atom stereocenters. The first-order valence-corrected chi connectivity index (χ1v) is 9.43. The van der Waals surface area contributed by atoms with Crippen molar-refractivity contribution in [3.8, 4) is 5.75 Å². The minimum Gasteiger partial charge on any atom is -0.494 e. The van der Waals surface area contributed by atoms with Crippen LogP contribution in [0, 0.1) is 13.8 Å². The lowest BCUT2D eigenvalue weighted by Gasteiger charge is -2.07. The smallest absolute Gasteiger partial charge is 0.350 e. The molecule has 26 heavy (non-hydrogen) atoms. The van der Waals surface area contributed by atoms with Gasteiger partial charge in [0.1, 0.15) is 10.6 Å². The number of anilines is 1. The molecule has 2 rings (SSSR count). The third-order valence-corrected chi connectivity index (χ3v) is 4.93. The molecule has 0 bridgehead atoms. The van der Waals surface area contributed by atoms with E-state index in [1.165, 1.54) is 0 Å². The quantitative estimate of drug-likeness (QED) is 0.529. The van der Waals surface area contributed by atoms with E-state index in [9.17, 15) is 9.59 Å². The predicted molar refractivity (Wildman–Crippen MR) is 102 cm³/mol. The fourth-order valence-corrected chi connectivity index (χ4v) is 3.14. The van der Waals surface area contributed by atoms with Crippen LogP contribution in [0.2, 0.25) is 5.02 Å². The van der Waals surface area contributed by atoms with Crippen LogP contribution in [-0.4, -0.2) is 30.1 Å². The lowest BCUT2D eigenvalue weighted by molar-refractivity contribution is -0.116. The van der Waals surface area contributed by atoms with E-state index in [0.29, 0.717) is 46.8 Å². The summed E-state index contributed by atoms with van der Waals surface area (Å²) in [5.41, 5.74) is 1.49. The minimum atomic E-state index is -0.422. The summed E-state index contributed by atoms with van der Waals surface area (Å²) < 4.78 is 10.6. The van der Waals surface area contributed by atoms with Crippen molar-refractivity contribution >= 4 is 39.9 Å². The highest BCUT2D eigenvalue weighted by Gasteiger charge is 2.17. The van der Waals surface area contributed by atoms with Gasteiger partial charge in [-0.1, -0.05) is 22.9 Å². The fourth-order valence-electron chi connectivity index (χ4n) is 2.15. The number of carbonyl (C=O) groups is 2. The number of nitrogens with zero attached hydrogens (tertiary/aromatic N) is 1. The summed E-state index contributed by atoms with van der Waals surface area (Å²) in [6, 6.07) is 5.44. The molecule has 6 nitrogen and oxygen atoms in total. The van der Waals surface area contributed by atoms with Crippen molar-refractivity contribution in [2.45, 2.75) is 33.6 Å². The normalized spacial score (nSPS) is 10.5. The Morgan fingerprint density at radius 2 is 2.08 bits per heavy atom. The minimum absolute atomic E-state index is 0.176. The highest BCUT2D eigenvalue weighted by atomic mass is 35.5. The van der Waals surface area contributed by atoms with Crippen LogP contribution in [0.1, 0.15) is 40.7 Å². The average Bonchev–Trinajstić information content (AvgIpc) is 2.95. The number of hydrogen-bond donors (Lipinski definition) is 1. The number of halogens is 1. The van der Waals surface area contributed by atoms with E-state index < -0.39 is 5.97 Å². The van der Waals surface area contributed by atoms with Gasteiger partial charge in [0.2, 0.25) is 5.91 Å². The number of aromatic nitrogens is 1. The molecule has 8 heteroatoms. The standard InChI is InChI=1S/C18H21ClN2O4S/c1-4-24-17(23)16-12(3)20-18(26-16)21-15(22)6-5-9-25-13-7-8-14(19)11(2)10-13/h7-8,10H,4-6,9H2,1-3H3,(H,20,21,22). The number of benzene rings is 1. The maximum atomic E-state index is 12.0. The monoisotopic (exact) mass is 396 g/mol. The second-order valence-electron chi connectivity index (χ2n) is 5.57. The van der Waals surface area contributed by atoms with Gasteiger partial charge in [0.15, 0.2) is 5.13 Å². The van der Waals surface area contributed by atoms with Gasteiger partial charge in [-0.05, 0) is 51.0 Å². The van der Waals surface area contributed by atoms with Crippen LogP contribution >= 0.6 is 22.9 Å². The van der Waals surface area contributed by atoms with Gasteiger partial charge in [0, 0.05) is 11.4 Å². The van der Waals surface area contributed by atoms with Gasteiger partial charge in [0.25, 0.3) is 0 Å². The summed E-state index contributed by atoms with van der Waals surface area (Å²) in [5.74, 6) is 0.127. The molecule has 0 fully saturated rings. The van der Waals surface area contributed by atoms with Crippen LogP contribution in [0.3, 0.4) is 0 Å². The van der Waals surface area contributed by atoms with E-state index in [0.717, 1.165) is 22.6 Å². The topological polar surface area (TPSA) is 77.5 Å². The van der Waals surface area contributed by atoms with Gasteiger partial charge in [0.05, 0.1) is 18.9 Å². The Bertz CT molecular complexity index is 791. The van der Waals surface area contributed by atoms with E-state index in [4.69, 9.17) is 21.1 Å². The van der Waals surface area contributed by atoms with Gasteiger partial charge >= 0.3 is 5.97 Å². The molecule has 2 aromatic rings. The van der Waals surface area contributed by atoms with Crippen molar-refractivity contribution in [3.05, 3.63) is 39.4 Å². The van der Waals surface area contributed by atoms with Crippen molar-refractivity contribution in [1.82, 2.24) is 4.98 Å². The van der Waals surface area contributed by atoms with Crippen molar-refractivity contribution in [2.24, 2.45) is 0 Å². The molecule has 0 radical (unpaired) electrons. The summed E-state index contributed by atoms with van der Waals surface area (Å²) in [5, 5.41) is 3.79. The molecule has 1 heterocycles. The number of nitrogens with one attached hydrogen (secondary N) is 1. The molecule has 1 aromatic carbocycles. The molecule has 0 aliphatic rings. The molecule has 0 saturated heterocycles. The van der Waals surface area contributed by atoms with E-state index in [-0.39, 0.29) is 5.91 Å². The SMILES string of the molecule is CCOC(=O)c1sc(NC(=O)CCCOc2ccc(Cl)c(C)c2)nc1C. The molecule has 0 spiro atoms. The first kappa shape index (κ1) is 20.2. The second kappa shape index (κ2) is 9.54. The van der Waals surface area contributed by atoms with Gasteiger partial charge in [-0.2, -0.15) is 0 Å². The van der Waals surface area contributed by atoms with Crippen molar-refractivity contribution in [1.29, 1.82) is 0 Å². The Balaban J connectivity index is 1.77. The van der Waals surface area contributed by atoms with Crippen LogP contribution in [0.4, 0.5) is 5.13 Å². The second-order valence-corrected chi connectivity index (χ2v) is 6.97. The van der Waals surface area contributed by atoms with Crippen LogP contribution < -0.4 is 10.1 Å². The Kier molecular flexibility index (Phi) is 7.41. The van der Waals surface area contributed by atoms with Crippen LogP contribution in [0.5, 0.6) is 5.75 Å². The summed E-state index contributed by atoms with van der Waals surface area (Å²) in [4.78, 5) is 28.4. The summed E-state index contributed by atoms with van der Waals surface area (Å²) in [6.07, 6.45) is 0.850. The summed E-state index contributed by atoms with van der Waals surface area (Å²) in [7, 11) is 0. The molecule has 0 atom stereocenters. The molecular weight excluding hydrogens is 376 g/mol. The van der Waals surface area contributed by atoms with E-state index in [1.807, 2.05) is 13.0 Å². The number of hydrogen-bond acceptors (Lipinski definition) is 6. The first-order chi connectivity index (χ1) is 12.4. The third kappa shape index (κ3) is 5.71. The third-order valence-electron chi connectivity index (χ3n) is 3.45. The van der Waals surface area contributed by atoms with Crippen molar-refractivity contribution in [3.63, 3.8) is 0 Å². The first-order valence-electron chi connectivity index (χ1n) is 8.24. The maximum absolute atomic E-state index is 12.0. The number of aryl methyl sites for hydroxylation is 2. The Hall–Kier alpha value is -2.12. The van der Waals surface area contributed by atoms with Gasteiger partial charge in [-0.3, -0.25) is 4.79 Å². The lowest BCUT2D eigenvalue weighted by Crippen LogP contribution is -2.12. The summed E-state index contributed by atoms with van der Waals surface area (Å²) >= 11 is 7.08.